The molecule has 0 amide bonds. The Morgan fingerprint density at radius 2 is 0.587 bits per heavy atom. The second-order valence-corrected chi connectivity index (χ2v) is 19.3. The quantitative estimate of drug-likeness (QED) is 0.154. The summed E-state index contributed by atoms with van der Waals surface area (Å²) in [5, 5.41) is 2.09. The van der Waals surface area contributed by atoms with E-state index >= 15 is 0 Å². The summed E-state index contributed by atoms with van der Waals surface area (Å²) in [6.07, 6.45) is -4.00. The Labute approximate surface area is 423 Å². The van der Waals surface area contributed by atoms with Crippen LogP contribution < -0.4 is 0 Å². The van der Waals surface area contributed by atoms with Crippen molar-refractivity contribution in [2.75, 3.05) is 0 Å². The highest BCUT2D eigenvalue weighted by molar-refractivity contribution is 6.15. The Balaban J connectivity index is 1.06. The zero-order valence-electron chi connectivity index (χ0n) is 40.4. The molecule has 12 heteroatoms. The first-order valence-electron chi connectivity index (χ1n) is 24.1. The van der Waals surface area contributed by atoms with Crippen LogP contribution in [0.4, 0.5) is 26.3 Å². The average Bonchev–Trinajstić information content (AvgIpc) is 4.10. The summed E-state index contributed by atoms with van der Waals surface area (Å²) in [7, 11) is 0. The van der Waals surface area contributed by atoms with Crippen molar-refractivity contribution in [3.05, 3.63) is 198 Å². The Morgan fingerprint density at radius 3 is 0.907 bits per heavy atom. The molecular formula is C63H39F6N3O3. The second kappa shape index (κ2) is 16.8. The predicted molar refractivity (Wildman–Crippen MR) is 283 cm³/mol. The summed E-state index contributed by atoms with van der Waals surface area (Å²) in [5.41, 5.74) is 13.9. The van der Waals surface area contributed by atoms with Gasteiger partial charge in [-0.3, -0.25) is 15.0 Å². The number of hydrogen-bond donors (Lipinski definition) is 0. The van der Waals surface area contributed by atoms with Gasteiger partial charge >= 0.3 is 12.4 Å². The summed E-state index contributed by atoms with van der Waals surface area (Å²) >= 11 is 0. The maximum absolute atomic E-state index is 14.2. The first kappa shape index (κ1) is 45.8. The van der Waals surface area contributed by atoms with Gasteiger partial charge in [-0.2, -0.15) is 26.3 Å². The van der Waals surface area contributed by atoms with Crippen molar-refractivity contribution in [1.82, 2.24) is 15.0 Å². The van der Waals surface area contributed by atoms with Crippen LogP contribution in [0.15, 0.2) is 177 Å². The number of aromatic nitrogens is 3. The predicted octanol–water partition coefficient (Wildman–Crippen LogP) is 18.8. The zero-order chi connectivity index (χ0) is 51.7. The molecule has 0 fully saturated rings. The molecule has 75 heavy (non-hydrogen) atoms. The lowest BCUT2D eigenvalue weighted by atomic mass is 9.93. The number of benzene rings is 7. The van der Waals surface area contributed by atoms with Crippen LogP contribution >= 0.6 is 0 Å². The molecule has 0 aliphatic carbocycles. The molecule has 0 aliphatic heterocycles. The van der Waals surface area contributed by atoms with Crippen LogP contribution in [-0.4, -0.2) is 15.0 Å². The van der Waals surface area contributed by atoms with Crippen LogP contribution in [-0.2, 0) is 12.4 Å². The minimum atomic E-state index is -4.56. The maximum atomic E-state index is 14.2. The minimum Gasteiger partial charge on any atom is -0.453 e. The smallest absolute Gasteiger partial charge is 0.416 e. The standard InChI is InChI=1S/C63H39F6N3O3/c1-32-20-33(2)22-36(21-32)44-8-5-11-50-53-59(73-56(44)50)47(14-17-70-53)39-27-40(48-15-18-71-54-51-12-6-9-45(57(51)74-60(48)54)37-23-34(3)25-42(30-37)62(64,65)66)29-41(28-39)49-16-19-72-55-52-13-7-10-46(58(52)75-61(49)55)38-24-35(4)26-43(31-38)63(67,68)69/h5-31H,1-4H3. The molecule has 0 spiro atoms. The van der Waals surface area contributed by atoms with Crippen molar-refractivity contribution in [1.29, 1.82) is 0 Å². The molecule has 0 atom stereocenters. The fourth-order valence-electron chi connectivity index (χ4n) is 10.8. The van der Waals surface area contributed by atoms with E-state index < -0.39 is 23.5 Å². The van der Waals surface area contributed by atoms with E-state index in [-0.39, 0.29) is 0 Å². The Hall–Kier alpha value is -9.03. The van der Waals surface area contributed by atoms with Crippen LogP contribution in [0.3, 0.4) is 0 Å². The lowest BCUT2D eigenvalue weighted by Crippen LogP contribution is -2.05. The second-order valence-electron chi connectivity index (χ2n) is 19.3. The zero-order valence-corrected chi connectivity index (χ0v) is 40.4. The monoisotopic (exact) mass is 999 g/mol. The number of para-hydroxylation sites is 3. The highest BCUT2D eigenvalue weighted by atomic mass is 19.4. The van der Waals surface area contributed by atoms with E-state index in [2.05, 4.69) is 32.0 Å². The summed E-state index contributed by atoms with van der Waals surface area (Å²) in [6, 6.07) is 42.7. The average molecular weight is 1000 g/mol. The first-order chi connectivity index (χ1) is 36.0. The largest absolute Gasteiger partial charge is 0.453 e. The van der Waals surface area contributed by atoms with Gasteiger partial charge in [0.2, 0.25) is 0 Å². The molecule has 6 heterocycles. The summed E-state index contributed by atoms with van der Waals surface area (Å²) in [5.74, 6) is 0. The van der Waals surface area contributed by atoms with E-state index in [0.717, 1.165) is 63.0 Å². The first-order valence-corrected chi connectivity index (χ1v) is 24.1. The minimum absolute atomic E-state index is 0.352. The number of aryl methyl sites for hydroxylation is 4. The van der Waals surface area contributed by atoms with E-state index in [1.807, 2.05) is 66.7 Å². The molecule has 13 aromatic rings. The van der Waals surface area contributed by atoms with Crippen molar-refractivity contribution >= 4 is 66.2 Å². The fourth-order valence-corrected chi connectivity index (χ4v) is 10.8. The molecule has 0 N–H and O–H groups in total. The van der Waals surface area contributed by atoms with Gasteiger partial charge in [0.05, 0.1) is 11.1 Å². The fraction of sp³-hybridized carbons (Fsp3) is 0.0952. The summed E-state index contributed by atoms with van der Waals surface area (Å²) < 4.78 is 105. The lowest BCUT2D eigenvalue weighted by Gasteiger charge is -2.12. The number of alkyl halides is 6. The molecule has 6 nitrogen and oxygen atoms in total. The molecule has 0 saturated heterocycles. The van der Waals surface area contributed by atoms with Crippen molar-refractivity contribution in [2.45, 2.75) is 40.0 Å². The molecule has 7 aromatic carbocycles. The summed E-state index contributed by atoms with van der Waals surface area (Å²) in [4.78, 5) is 14.4. The third kappa shape index (κ3) is 7.70. The molecule has 0 aliphatic rings. The Kier molecular flexibility index (Phi) is 10.2. The third-order valence-corrected chi connectivity index (χ3v) is 14.0. The molecular weight excluding hydrogens is 961 g/mol. The van der Waals surface area contributed by atoms with Crippen molar-refractivity contribution in [3.63, 3.8) is 0 Å². The highest BCUT2D eigenvalue weighted by Crippen LogP contribution is 2.47. The van der Waals surface area contributed by atoms with Crippen LogP contribution in [0.1, 0.15) is 33.4 Å². The maximum Gasteiger partial charge on any atom is 0.416 e. The molecule has 0 unspecified atom stereocenters. The van der Waals surface area contributed by atoms with E-state index in [4.69, 9.17) is 28.2 Å². The number of rotatable bonds is 6. The van der Waals surface area contributed by atoms with Crippen molar-refractivity contribution < 1.29 is 39.6 Å². The van der Waals surface area contributed by atoms with E-state index in [0.29, 0.717) is 116 Å². The summed E-state index contributed by atoms with van der Waals surface area (Å²) in [6.45, 7) is 7.39. The van der Waals surface area contributed by atoms with Gasteiger partial charge in [-0.25, -0.2) is 0 Å². The third-order valence-electron chi connectivity index (χ3n) is 14.0. The van der Waals surface area contributed by atoms with Gasteiger partial charge in [0.25, 0.3) is 0 Å². The van der Waals surface area contributed by atoms with Crippen LogP contribution in [0.25, 0.3) is 133 Å². The highest BCUT2D eigenvalue weighted by Gasteiger charge is 2.33. The van der Waals surface area contributed by atoms with Crippen molar-refractivity contribution in [2.24, 2.45) is 0 Å². The van der Waals surface area contributed by atoms with Gasteiger partial charge in [-0.1, -0.05) is 77.9 Å². The number of halogens is 6. The van der Waals surface area contributed by atoms with Gasteiger partial charge in [0, 0.05) is 68.1 Å². The lowest BCUT2D eigenvalue weighted by molar-refractivity contribution is -0.138. The topological polar surface area (TPSA) is 78.1 Å². The number of fused-ring (bicyclic) bond motifs is 9. The Morgan fingerprint density at radius 1 is 0.307 bits per heavy atom. The van der Waals surface area contributed by atoms with E-state index in [1.54, 1.807) is 68.8 Å². The Bertz CT molecular complexity index is 4300. The molecule has 6 aromatic heterocycles. The van der Waals surface area contributed by atoms with Gasteiger partial charge in [0.1, 0.15) is 33.3 Å². The van der Waals surface area contributed by atoms with E-state index in [9.17, 15) is 26.3 Å². The number of hydrogen-bond acceptors (Lipinski definition) is 6. The molecule has 0 bridgehead atoms. The molecule has 0 saturated carbocycles. The van der Waals surface area contributed by atoms with Crippen LogP contribution in [0.2, 0.25) is 0 Å². The SMILES string of the molecule is Cc1cc(C)cc(-c2cccc3c2oc2c(-c4cc(-c5ccnc6c5oc5c(-c7cc(C)cc(C(F)(F)F)c7)cccc56)cc(-c5ccnc6c5oc5c(-c7cc(C)cc(C(F)(F)F)c7)cccc56)c4)ccnc23)c1. The van der Waals surface area contributed by atoms with E-state index in [1.165, 1.54) is 0 Å². The van der Waals surface area contributed by atoms with Gasteiger partial charge < -0.3 is 13.3 Å². The van der Waals surface area contributed by atoms with Gasteiger partial charge in [-0.05, 0) is 151 Å². The number of nitrogens with zero attached hydrogens (tertiary/aromatic N) is 3. The number of pyridine rings is 3. The van der Waals surface area contributed by atoms with Crippen molar-refractivity contribution in [3.8, 4) is 66.8 Å². The molecule has 366 valence electrons. The normalized spacial score (nSPS) is 12.4. The number of furan rings is 3. The van der Waals surface area contributed by atoms with Gasteiger partial charge in [0.15, 0.2) is 16.7 Å². The van der Waals surface area contributed by atoms with Crippen LogP contribution in [0, 0.1) is 27.7 Å². The molecule has 0 radical (unpaired) electrons. The van der Waals surface area contributed by atoms with Crippen LogP contribution in [0.5, 0.6) is 0 Å². The molecule has 13 rings (SSSR count). The van der Waals surface area contributed by atoms with Gasteiger partial charge in [-0.15, -0.1) is 0 Å².